The largest absolute Gasteiger partial charge is 0.371 e. The Balaban J connectivity index is 3.10. The minimum atomic E-state index is -0.680. The van der Waals surface area contributed by atoms with Gasteiger partial charge in [-0.05, 0) is 27.9 Å². The van der Waals surface area contributed by atoms with Crippen LogP contribution < -0.4 is 10.2 Å². The number of anilines is 2. The lowest BCUT2D eigenvalue weighted by Crippen LogP contribution is -2.41. The van der Waals surface area contributed by atoms with Gasteiger partial charge in [0.15, 0.2) is 23.3 Å². The second-order valence-electron chi connectivity index (χ2n) is 4.77. The molecule has 0 radical (unpaired) electrons. The minimum absolute atomic E-state index is 0.0619. The summed E-state index contributed by atoms with van der Waals surface area (Å²) >= 11 is 0. The molecule has 4 nitrogen and oxygen atoms in total. The van der Waals surface area contributed by atoms with Gasteiger partial charge in [-0.1, -0.05) is 0 Å². The third-order valence-electron chi connectivity index (χ3n) is 2.92. The predicted molar refractivity (Wildman–Crippen MR) is 74.7 cm³/mol. The maximum absolute atomic E-state index is 13.9. The van der Waals surface area contributed by atoms with Crippen molar-refractivity contribution in [3.05, 3.63) is 17.7 Å². The Morgan fingerprint density at radius 3 is 2.42 bits per heavy atom. The first-order valence-corrected chi connectivity index (χ1v) is 6.35. The number of nitrogens with zero attached hydrogens (tertiary/aromatic N) is 3. The van der Waals surface area contributed by atoms with E-state index in [0.29, 0.717) is 6.54 Å². The van der Waals surface area contributed by atoms with E-state index in [1.54, 1.807) is 7.05 Å². The van der Waals surface area contributed by atoms with Crippen molar-refractivity contribution < 1.29 is 8.78 Å². The zero-order valence-electron chi connectivity index (χ0n) is 12.2. The molecule has 0 amide bonds. The van der Waals surface area contributed by atoms with Crippen LogP contribution in [0.25, 0.3) is 0 Å². The number of hydrogen-bond donors (Lipinski definition) is 1. The summed E-state index contributed by atoms with van der Waals surface area (Å²) in [5.41, 5.74) is 0. The van der Waals surface area contributed by atoms with E-state index in [1.165, 1.54) is 0 Å². The van der Waals surface area contributed by atoms with E-state index in [0.717, 1.165) is 12.6 Å². The number of rotatable bonds is 6. The molecule has 1 atom stereocenters. The number of hydrogen-bond acceptors (Lipinski definition) is 4. The SMILES string of the molecule is CCN(c1nc(NC)c(F)cc1F)C(C)CN(C)C. The molecule has 0 spiro atoms. The Morgan fingerprint density at radius 2 is 1.95 bits per heavy atom. The van der Waals surface area contributed by atoms with E-state index in [4.69, 9.17) is 0 Å². The van der Waals surface area contributed by atoms with E-state index in [9.17, 15) is 8.78 Å². The van der Waals surface area contributed by atoms with Gasteiger partial charge >= 0.3 is 0 Å². The van der Waals surface area contributed by atoms with Crippen LogP contribution in [-0.4, -0.2) is 50.2 Å². The highest BCUT2D eigenvalue weighted by atomic mass is 19.1. The van der Waals surface area contributed by atoms with Crippen molar-refractivity contribution in [2.24, 2.45) is 0 Å². The summed E-state index contributed by atoms with van der Waals surface area (Å²) in [7, 11) is 5.47. The predicted octanol–water partition coefficient (Wildman–Crippen LogP) is 2.18. The van der Waals surface area contributed by atoms with Crippen LogP contribution in [0.5, 0.6) is 0 Å². The molecule has 0 aliphatic heterocycles. The molecule has 1 rings (SSSR count). The Bertz CT molecular complexity index is 423. The number of aromatic nitrogens is 1. The van der Waals surface area contributed by atoms with Crippen molar-refractivity contribution in [2.75, 3.05) is 44.4 Å². The number of likely N-dealkylation sites (N-methyl/N-ethyl adjacent to an activating group) is 2. The summed E-state index contributed by atoms with van der Waals surface area (Å²) in [6, 6.07) is 0.955. The van der Waals surface area contributed by atoms with Crippen molar-refractivity contribution in [3.8, 4) is 0 Å². The van der Waals surface area contributed by atoms with E-state index < -0.39 is 11.6 Å². The third kappa shape index (κ3) is 3.76. The molecule has 6 heteroatoms. The first-order chi connectivity index (χ1) is 8.90. The van der Waals surface area contributed by atoms with Crippen molar-refractivity contribution in [1.29, 1.82) is 0 Å². The Morgan fingerprint density at radius 1 is 1.32 bits per heavy atom. The van der Waals surface area contributed by atoms with Crippen LogP contribution in [0.2, 0.25) is 0 Å². The lowest BCUT2D eigenvalue weighted by atomic mass is 10.2. The highest BCUT2D eigenvalue weighted by molar-refractivity contribution is 5.49. The molecule has 1 unspecified atom stereocenters. The second-order valence-corrected chi connectivity index (χ2v) is 4.77. The summed E-state index contributed by atoms with van der Waals surface area (Å²) in [5.74, 6) is -1.07. The van der Waals surface area contributed by atoms with Crippen LogP contribution in [-0.2, 0) is 0 Å². The molecule has 0 aliphatic carbocycles. The Hall–Kier alpha value is -1.43. The molecule has 0 bridgehead atoms. The molecule has 0 saturated heterocycles. The zero-order valence-corrected chi connectivity index (χ0v) is 12.2. The van der Waals surface area contributed by atoms with Crippen LogP contribution in [0, 0.1) is 11.6 Å². The molecule has 0 aliphatic rings. The maximum atomic E-state index is 13.9. The molecule has 0 fully saturated rings. The smallest absolute Gasteiger partial charge is 0.168 e. The van der Waals surface area contributed by atoms with Crippen molar-refractivity contribution in [1.82, 2.24) is 9.88 Å². The molecule has 1 aromatic rings. The lowest BCUT2D eigenvalue weighted by molar-refractivity contribution is 0.370. The van der Waals surface area contributed by atoms with E-state index in [-0.39, 0.29) is 17.7 Å². The fraction of sp³-hybridized carbons (Fsp3) is 0.615. The summed E-state index contributed by atoms with van der Waals surface area (Å²) in [4.78, 5) is 7.89. The molecule has 0 saturated carbocycles. The van der Waals surface area contributed by atoms with Gasteiger partial charge in [-0.2, -0.15) is 0 Å². The molecule has 0 aromatic carbocycles. The lowest BCUT2D eigenvalue weighted by Gasteiger charge is -2.31. The minimum Gasteiger partial charge on any atom is -0.371 e. The first-order valence-electron chi connectivity index (χ1n) is 6.35. The normalized spacial score (nSPS) is 12.6. The van der Waals surface area contributed by atoms with Gasteiger partial charge in [0.1, 0.15) is 0 Å². The maximum Gasteiger partial charge on any atom is 0.168 e. The van der Waals surface area contributed by atoms with Gasteiger partial charge < -0.3 is 15.1 Å². The standard InChI is InChI=1S/C13H22F2N4/c1-6-19(9(2)8-18(4)5)13-11(15)7-10(14)12(16-3)17-13/h7,9H,6,8H2,1-5H3,(H,16,17). The zero-order chi connectivity index (χ0) is 14.6. The van der Waals surface area contributed by atoms with E-state index in [2.05, 4.69) is 10.3 Å². The van der Waals surface area contributed by atoms with Crippen molar-refractivity contribution >= 4 is 11.6 Å². The van der Waals surface area contributed by atoms with Gasteiger partial charge in [0, 0.05) is 32.2 Å². The fourth-order valence-corrected chi connectivity index (χ4v) is 2.13. The second kappa shape index (κ2) is 6.65. The van der Waals surface area contributed by atoms with Crippen LogP contribution in [0.4, 0.5) is 20.4 Å². The topological polar surface area (TPSA) is 31.4 Å². The van der Waals surface area contributed by atoms with Gasteiger partial charge in [-0.3, -0.25) is 0 Å². The quantitative estimate of drug-likeness (QED) is 0.860. The molecule has 1 N–H and O–H groups in total. The molecule has 1 aromatic heterocycles. The molecule has 108 valence electrons. The molecule has 1 heterocycles. The van der Waals surface area contributed by atoms with Crippen LogP contribution in [0.15, 0.2) is 6.07 Å². The average Bonchev–Trinajstić information content (AvgIpc) is 2.31. The third-order valence-corrected chi connectivity index (χ3v) is 2.92. The van der Waals surface area contributed by atoms with Crippen molar-refractivity contribution in [3.63, 3.8) is 0 Å². The first kappa shape index (κ1) is 15.6. The summed E-state index contributed by atoms with van der Waals surface area (Å²) in [6.45, 7) is 5.29. The summed E-state index contributed by atoms with van der Waals surface area (Å²) in [6.07, 6.45) is 0. The summed E-state index contributed by atoms with van der Waals surface area (Å²) in [5, 5.41) is 2.63. The van der Waals surface area contributed by atoms with Gasteiger partial charge in [-0.15, -0.1) is 0 Å². The van der Waals surface area contributed by atoms with E-state index >= 15 is 0 Å². The Labute approximate surface area is 113 Å². The highest BCUT2D eigenvalue weighted by Crippen LogP contribution is 2.23. The van der Waals surface area contributed by atoms with Crippen LogP contribution >= 0.6 is 0 Å². The number of nitrogens with one attached hydrogen (secondary N) is 1. The molecule has 19 heavy (non-hydrogen) atoms. The number of pyridine rings is 1. The van der Waals surface area contributed by atoms with E-state index in [1.807, 2.05) is 37.7 Å². The fourth-order valence-electron chi connectivity index (χ4n) is 2.13. The monoisotopic (exact) mass is 272 g/mol. The average molecular weight is 272 g/mol. The number of halogens is 2. The van der Waals surface area contributed by atoms with Crippen LogP contribution in [0.3, 0.4) is 0 Å². The molecular weight excluding hydrogens is 250 g/mol. The highest BCUT2D eigenvalue weighted by Gasteiger charge is 2.20. The van der Waals surface area contributed by atoms with Gasteiger partial charge in [0.2, 0.25) is 0 Å². The van der Waals surface area contributed by atoms with Gasteiger partial charge in [0.25, 0.3) is 0 Å². The Kier molecular flexibility index (Phi) is 5.47. The van der Waals surface area contributed by atoms with Crippen molar-refractivity contribution in [2.45, 2.75) is 19.9 Å². The van der Waals surface area contributed by atoms with Gasteiger partial charge in [-0.25, -0.2) is 13.8 Å². The van der Waals surface area contributed by atoms with Gasteiger partial charge in [0.05, 0.1) is 0 Å². The summed E-state index contributed by atoms with van der Waals surface area (Å²) < 4.78 is 27.3. The van der Waals surface area contributed by atoms with Crippen LogP contribution in [0.1, 0.15) is 13.8 Å². The molecular formula is C13H22F2N4.